The number of rotatable bonds is 8. The van der Waals surface area contributed by atoms with Gasteiger partial charge in [-0.15, -0.1) is 0 Å². The highest BCUT2D eigenvalue weighted by Crippen LogP contribution is 2.30. The Morgan fingerprint density at radius 1 is 0.950 bits per heavy atom. The van der Waals surface area contributed by atoms with Gasteiger partial charge < -0.3 is 20.1 Å². The second kappa shape index (κ2) is 8.07. The van der Waals surface area contributed by atoms with Crippen molar-refractivity contribution < 1.29 is 20.1 Å². The first-order chi connectivity index (χ1) is 9.53. The van der Waals surface area contributed by atoms with Crippen LogP contribution in [0.2, 0.25) is 0 Å². The molecule has 0 saturated carbocycles. The molecule has 0 aromatic carbocycles. The molecule has 0 aromatic heterocycles. The van der Waals surface area contributed by atoms with E-state index in [4.69, 9.17) is 30.9 Å². The lowest BCUT2D eigenvalue weighted by Crippen LogP contribution is -2.51. The fourth-order valence-corrected chi connectivity index (χ4v) is 1.54. The monoisotopic (exact) mass is 278 g/mol. The molecule has 0 fully saturated rings. The molecule has 0 unspecified atom stereocenters. The van der Waals surface area contributed by atoms with Crippen LogP contribution in [0.15, 0.2) is 0 Å². The Balaban J connectivity index is 5.56. The molecule has 0 aliphatic rings. The number of hydrogen-bond acceptors (Lipinski definition) is 8. The number of aliphatic hydroxyl groups excluding tert-OH is 3. The Bertz CT molecular complexity index is 448. The summed E-state index contributed by atoms with van der Waals surface area (Å²) in [5.74, 6) is -1.70. The van der Waals surface area contributed by atoms with Crippen LogP contribution in [-0.2, 0) is 4.74 Å². The third-order valence-electron chi connectivity index (χ3n) is 2.74. The maximum Gasteiger partial charge on any atom is 0.271 e. The number of hydrogen-bond donors (Lipinski definition) is 3. The minimum Gasteiger partial charge on any atom is -0.396 e. The SMILES string of the molecule is N#CC(C#N)C(C#N)(C#N)OC(CO)(CO)CCCO. The van der Waals surface area contributed by atoms with E-state index in [9.17, 15) is 10.2 Å². The summed E-state index contributed by atoms with van der Waals surface area (Å²) in [5, 5.41) is 63.2. The maximum absolute atomic E-state index is 9.33. The lowest BCUT2D eigenvalue weighted by atomic mass is 9.89. The van der Waals surface area contributed by atoms with Crippen LogP contribution in [0, 0.1) is 51.2 Å². The number of nitriles is 4. The first-order valence-electron chi connectivity index (χ1n) is 5.68. The summed E-state index contributed by atoms with van der Waals surface area (Å²) < 4.78 is 5.19. The summed E-state index contributed by atoms with van der Waals surface area (Å²) in [6.45, 7) is -1.73. The first kappa shape index (κ1) is 17.8. The van der Waals surface area contributed by atoms with Crippen LogP contribution < -0.4 is 0 Å². The van der Waals surface area contributed by atoms with Gasteiger partial charge in [0.2, 0.25) is 0 Å². The normalized spacial score (nSPS) is 11.2. The van der Waals surface area contributed by atoms with Gasteiger partial charge >= 0.3 is 0 Å². The molecule has 3 N–H and O–H groups in total. The van der Waals surface area contributed by atoms with E-state index in [-0.39, 0.29) is 19.4 Å². The Kier molecular flexibility index (Phi) is 7.18. The van der Waals surface area contributed by atoms with Crippen LogP contribution in [-0.4, -0.2) is 46.3 Å². The van der Waals surface area contributed by atoms with Crippen molar-refractivity contribution in [3.05, 3.63) is 0 Å². The van der Waals surface area contributed by atoms with E-state index in [2.05, 4.69) is 0 Å². The second-order valence-corrected chi connectivity index (χ2v) is 4.08. The molecule has 0 amide bonds. The quantitative estimate of drug-likeness (QED) is 0.505. The Morgan fingerprint density at radius 3 is 1.75 bits per heavy atom. The predicted octanol–water partition coefficient (Wildman–Crippen LogP) is -1.05. The fourth-order valence-electron chi connectivity index (χ4n) is 1.54. The third kappa shape index (κ3) is 3.65. The Hall–Kier alpha value is -2.20. The molecule has 0 saturated heterocycles. The van der Waals surface area contributed by atoms with Crippen LogP contribution in [0.25, 0.3) is 0 Å². The highest BCUT2D eigenvalue weighted by Gasteiger charge is 2.48. The van der Waals surface area contributed by atoms with Crippen LogP contribution in [0.1, 0.15) is 12.8 Å². The summed E-state index contributed by atoms with van der Waals surface area (Å²) in [5.41, 5.74) is -4.12. The summed E-state index contributed by atoms with van der Waals surface area (Å²) >= 11 is 0. The minimum atomic E-state index is -2.43. The van der Waals surface area contributed by atoms with Crippen molar-refractivity contribution in [2.75, 3.05) is 19.8 Å². The summed E-state index contributed by atoms with van der Waals surface area (Å²) in [6.07, 6.45) is 0.0863. The molecule has 8 heteroatoms. The molecule has 0 atom stereocenters. The highest BCUT2D eigenvalue weighted by atomic mass is 16.5. The number of nitrogens with zero attached hydrogens (tertiary/aromatic N) is 4. The summed E-state index contributed by atoms with van der Waals surface area (Å²) in [7, 11) is 0. The Labute approximate surface area is 116 Å². The van der Waals surface area contributed by atoms with E-state index in [1.54, 1.807) is 0 Å². The van der Waals surface area contributed by atoms with Gasteiger partial charge in [0.05, 0.1) is 25.4 Å². The standard InChI is InChI=1S/C12H14N4O4/c13-4-10(5-14)12(6-15,7-16)20-11(8-18,9-19)2-1-3-17/h10,17-19H,1-3,8-9H2. The molecule has 0 aromatic rings. The first-order valence-corrected chi connectivity index (χ1v) is 5.68. The van der Waals surface area contributed by atoms with Gasteiger partial charge in [0.1, 0.15) is 17.7 Å². The van der Waals surface area contributed by atoms with Crippen molar-refractivity contribution >= 4 is 0 Å². The molecule has 0 rings (SSSR count). The van der Waals surface area contributed by atoms with Gasteiger partial charge in [0.25, 0.3) is 5.60 Å². The van der Waals surface area contributed by atoms with Crippen LogP contribution in [0.5, 0.6) is 0 Å². The third-order valence-corrected chi connectivity index (χ3v) is 2.74. The Morgan fingerprint density at radius 2 is 1.45 bits per heavy atom. The predicted molar refractivity (Wildman–Crippen MR) is 63.0 cm³/mol. The van der Waals surface area contributed by atoms with Gasteiger partial charge in [-0.3, -0.25) is 0 Å². The van der Waals surface area contributed by atoms with Crippen molar-refractivity contribution in [3.8, 4) is 24.3 Å². The van der Waals surface area contributed by atoms with Gasteiger partial charge in [-0.25, -0.2) is 0 Å². The highest BCUT2D eigenvalue weighted by molar-refractivity contribution is 5.30. The zero-order valence-corrected chi connectivity index (χ0v) is 10.7. The molecule has 0 spiro atoms. The zero-order valence-electron chi connectivity index (χ0n) is 10.7. The van der Waals surface area contributed by atoms with E-state index in [0.29, 0.717) is 0 Å². The lowest BCUT2D eigenvalue weighted by Gasteiger charge is -2.35. The zero-order chi connectivity index (χ0) is 15.6. The fraction of sp³-hybridized carbons (Fsp3) is 0.667. The number of aliphatic hydroxyl groups is 3. The maximum atomic E-state index is 9.33. The molecule has 0 aliphatic heterocycles. The number of ether oxygens (including phenoxy) is 1. The average Bonchev–Trinajstić information content (AvgIpc) is 2.51. The van der Waals surface area contributed by atoms with Gasteiger partial charge in [-0.05, 0) is 12.8 Å². The average molecular weight is 278 g/mol. The van der Waals surface area contributed by atoms with Gasteiger partial charge in [0, 0.05) is 6.61 Å². The molecule has 20 heavy (non-hydrogen) atoms. The summed E-state index contributed by atoms with van der Waals surface area (Å²) in [4.78, 5) is 0. The molecule has 0 heterocycles. The van der Waals surface area contributed by atoms with Crippen molar-refractivity contribution in [1.82, 2.24) is 0 Å². The molecule has 0 radical (unpaired) electrons. The van der Waals surface area contributed by atoms with Crippen molar-refractivity contribution in [3.63, 3.8) is 0 Å². The van der Waals surface area contributed by atoms with E-state index in [0.717, 1.165) is 0 Å². The minimum absolute atomic E-state index is 0.0504. The van der Waals surface area contributed by atoms with E-state index < -0.39 is 30.3 Å². The van der Waals surface area contributed by atoms with Gasteiger partial charge in [0.15, 0.2) is 5.92 Å². The van der Waals surface area contributed by atoms with E-state index in [1.807, 2.05) is 0 Å². The van der Waals surface area contributed by atoms with Crippen LogP contribution in [0.3, 0.4) is 0 Å². The van der Waals surface area contributed by atoms with Gasteiger partial charge in [-0.1, -0.05) is 0 Å². The summed E-state index contributed by atoms with van der Waals surface area (Å²) in [6, 6.07) is 5.86. The second-order valence-electron chi connectivity index (χ2n) is 4.08. The van der Waals surface area contributed by atoms with Crippen molar-refractivity contribution in [1.29, 1.82) is 21.0 Å². The van der Waals surface area contributed by atoms with Gasteiger partial charge in [-0.2, -0.15) is 21.0 Å². The topological polar surface area (TPSA) is 165 Å². The lowest BCUT2D eigenvalue weighted by molar-refractivity contribution is -0.162. The van der Waals surface area contributed by atoms with Crippen molar-refractivity contribution in [2.45, 2.75) is 24.0 Å². The largest absolute Gasteiger partial charge is 0.396 e. The molecular weight excluding hydrogens is 264 g/mol. The molecule has 0 bridgehead atoms. The van der Waals surface area contributed by atoms with Crippen molar-refractivity contribution in [2.24, 2.45) is 5.92 Å². The van der Waals surface area contributed by atoms with Crippen LogP contribution in [0.4, 0.5) is 0 Å². The molecule has 106 valence electrons. The molecule has 8 nitrogen and oxygen atoms in total. The van der Waals surface area contributed by atoms with E-state index in [1.165, 1.54) is 24.3 Å². The molecule has 0 aliphatic carbocycles. The van der Waals surface area contributed by atoms with Crippen LogP contribution >= 0.6 is 0 Å². The molecular formula is C12H14N4O4. The van der Waals surface area contributed by atoms with E-state index >= 15 is 0 Å². The smallest absolute Gasteiger partial charge is 0.271 e.